The van der Waals surface area contributed by atoms with Gasteiger partial charge in [0.15, 0.2) is 5.82 Å². The van der Waals surface area contributed by atoms with E-state index in [0.29, 0.717) is 12.4 Å². The second kappa shape index (κ2) is 9.11. The lowest BCUT2D eigenvalue weighted by atomic mass is 9.80. The maximum Gasteiger partial charge on any atom is 0.407 e. The Morgan fingerprint density at radius 2 is 1.86 bits per heavy atom. The highest BCUT2D eigenvalue weighted by Crippen LogP contribution is 2.38. The van der Waals surface area contributed by atoms with Crippen molar-refractivity contribution in [3.05, 3.63) is 47.7 Å². The van der Waals surface area contributed by atoms with Crippen LogP contribution in [0.5, 0.6) is 0 Å². The summed E-state index contributed by atoms with van der Waals surface area (Å²) in [5.41, 5.74) is 2.02. The molecule has 1 aromatic carbocycles. The first-order valence-electron chi connectivity index (χ1n) is 10.5. The molecule has 0 unspecified atom stereocenters. The van der Waals surface area contributed by atoms with Crippen LogP contribution in [0.3, 0.4) is 0 Å². The molecule has 2 saturated carbocycles. The number of H-pyrrole nitrogens is 1. The van der Waals surface area contributed by atoms with Gasteiger partial charge in [-0.05, 0) is 31.2 Å². The Labute approximate surface area is 170 Å². The van der Waals surface area contributed by atoms with E-state index < -0.39 is 0 Å². The number of aromatic amines is 1. The number of hydrogen-bond acceptors (Lipinski definition) is 4. The predicted molar refractivity (Wildman–Crippen MR) is 109 cm³/mol. The maximum absolute atomic E-state index is 12.3. The summed E-state index contributed by atoms with van der Waals surface area (Å²) in [4.78, 5) is 24.3. The van der Waals surface area contributed by atoms with Crippen LogP contribution in [0.15, 0.2) is 36.4 Å². The van der Waals surface area contributed by atoms with Crippen molar-refractivity contribution in [2.45, 2.75) is 63.5 Å². The largest absolute Gasteiger partial charge is 0.446 e. The van der Waals surface area contributed by atoms with E-state index in [2.05, 4.69) is 20.8 Å². The summed E-state index contributed by atoms with van der Waals surface area (Å²) in [7, 11) is 0. The topological polar surface area (TPSA) is 96.1 Å². The summed E-state index contributed by atoms with van der Waals surface area (Å²) in [6.07, 6.45) is 6.48. The standard InChI is InChI=1S/C22H28N4O3/c27-21(16-9-5-2-6-10-16)24-20-13-19(25-26-20)17-11-18(12-17)29-22(28)23-14-15-7-3-1-4-8-15/h1,3-4,7-8,13,16-18H,2,5-6,9-12,14H2,(H,23,28)(H2,24,25,26,27). The van der Waals surface area contributed by atoms with Crippen LogP contribution in [-0.2, 0) is 16.1 Å². The molecule has 1 heterocycles. The summed E-state index contributed by atoms with van der Waals surface area (Å²) < 4.78 is 5.46. The molecule has 7 nitrogen and oxygen atoms in total. The number of nitrogens with one attached hydrogen (secondary N) is 3. The van der Waals surface area contributed by atoms with Crippen molar-refractivity contribution in [2.75, 3.05) is 5.32 Å². The molecule has 2 aliphatic carbocycles. The number of alkyl carbamates (subject to hydrolysis) is 1. The van der Waals surface area contributed by atoms with Crippen molar-refractivity contribution in [1.82, 2.24) is 15.5 Å². The average Bonchev–Trinajstić information content (AvgIpc) is 3.18. The average molecular weight is 396 g/mol. The van der Waals surface area contributed by atoms with Gasteiger partial charge in [0, 0.05) is 30.1 Å². The van der Waals surface area contributed by atoms with E-state index >= 15 is 0 Å². The van der Waals surface area contributed by atoms with Gasteiger partial charge in [-0.15, -0.1) is 0 Å². The van der Waals surface area contributed by atoms with Crippen LogP contribution >= 0.6 is 0 Å². The first-order valence-corrected chi connectivity index (χ1v) is 10.5. The summed E-state index contributed by atoms with van der Waals surface area (Å²) in [6.45, 7) is 0.459. The molecule has 0 saturated heterocycles. The molecule has 2 fully saturated rings. The van der Waals surface area contributed by atoms with Gasteiger partial charge in [0.25, 0.3) is 0 Å². The van der Waals surface area contributed by atoms with Crippen LogP contribution in [0.2, 0.25) is 0 Å². The fourth-order valence-electron chi connectivity index (χ4n) is 4.08. The van der Waals surface area contributed by atoms with Crippen LogP contribution < -0.4 is 10.6 Å². The molecule has 2 aliphatic rings. The van der Waals surface area contributed by atoms with E-state index in [0.717, 1.165) is 49.8 Å². The molecule has 4 rings (SSSR count). The van der Waals surface area contributed by atoms with Crippen LogP contribution in [0.25, 0.3) is 0 Å². The van der Waals surface area contributed by atoms with Crippen LogP contribution in [0, 0.1) is 5.92 Å². The van der Waals surface area contributed by atoms with Gasteiger partial charge in [0.2, 0.25) is 5.91 Å². The van der Waals surface area contributed by atoms with Gasteiger partial charge >= 0.3 is 6.09 Å². The molecule has 154 valence electrons. The molecular formula is C22H28N4O3. The number of carbonyl (C=O) groups is 2. The van der Waals surface area contributed by atoms with Gasteiger partial charge < -0.3 is 15.4 Å². The molecular weight excluding hydrogens is 368 g/mol. The van der Waals surface area contributed by atoms with E-state index in [1.807, 2.05) is 36.4 Å². The third-order valence-electron chi connectivity index (χ3n) is 5.91. The van der Waals surface area contributed by atoms with Gasteiger partial charge in [-0.25, -0.2) is 4.79 Å². The van der Waals surface area contributed by atoms with Gasteiger partial charge in [-0.2, -0.15) is 5.10 Å². The third kappa shape index (κ3) is 5.16. The van der Waals surface area contributed by atoms with E-state index in [4.69, 9.17) is 4.74 Å². The lowest BCUT2D eigenvalue weighted by Crippen LogP contribution is -2.36. The molecule has 0 radical (unpaired) electrons. The molecule has 7 heteroatoms. The molecule has 0 spiro atoms. The van der Waals surface area contributed by atoms with E-state index in [9.17, 15) is 9.59 Å². The first kappa shape index (κ1) is 19.5. The number of ether oxygens (including phenoxy) is 1. The smallest absolute Gasteiger partial charge is 0.407 e. The summed E-state index contributed by atoms with van der Waals surface area (Å²) in [5, 5.41) is 13.0. The van der Waals surface area contributed by atoms with Crippen molar-refractivity contribution in [3.63, 3.8) is 0 Å². The molecule has 0 atom stereocenters. The zero-order valence-electron chi connectivity index (χ0n) is 16.5. The molecule has 0 aliphatic heterocycles. The molecule has 29 heavy (non-hydrogen) atoms. The minimum absolute atomic E-state index is 0.0765. The van der Waals surface area contributed by atoms with Crippen molar-refractivity contribution in [3.8, 4) is 0 Å². The van der Waals surface area contributed by atoms with Crippen LogP contribution in [0.1, 0.15) is 62.1 Å². The number of aromatic nitrogens is 2. The second-order valence-corrected chi connectivity index (χ2v) is 8.07. The summed E-state index contributed by atoms with van der Waals surface area (Å²) >= 11 is 0. The molecule has 3 N–H and O–H groups in total. The Morgan fingerprint density at radius 1 is 1.10 bits per heavy atom. The Kier molecular flexibility index (Phi) is 6.12. The Bertz CT molecular complexity index is 824. The minimum atomic E-state index is -0.387. The van der Waals surface area contributed by atoms with E-state index in [1.165, 1.54) is 6.42 Å². The van der Waals surface area contributed by atoms with Crippen LogP contribution in [-0.4, -0.2) is 28.3 Å². The lowest BCUT2D eigenvalue weighted by molar-refractivity contribution is -0.120. The zero-order chi connectivity index (χ0) is 20.1. The van der Waals surface area contributed by atoms with Crippen molar-refractivity contribution in [1.29, 1.82) is 0 Å². The Hall–Kier alpha value is -2.83. The van der Waals surface area contributed by atoms with Crippen molar-refractivity contribution >= 4 is 17.8 Å². The van der Waals surface area contributed by atoms with E-state index in [-0.39, 0.29) is 29.9 Å². The number of amides is 2. The monoisotopic (exact) mass is 396 g/mol. The highest BCUT2D eigenvalue weighted by molar-refractivity contribution is 5.91. The first-order chi connectivity index (χ1) is 14.2. The van der Waals surface area contributed by atoms with Gasteiger partial charge in [0.1, 0.15) is 6.10 Å². The number of anilines is 1. The highest BCUT2D eigenvalue weighted by Gasteiger charge is 2.34. The van der Waals surface area contributed by atoms with Crippen molar-refractivity contribution in [2.24, 2.45) is 5.92 Å². The van der Waals surface area contributed by atoms with Crippen LogP contribution in [0.4, 0.5) is 10.6 Å². The summed E-state index contributed by atoms with van der Waals surface area (Å²) in [6, 6.07) is 11.6. The number of carbonyl (C=O) groups excluding carboxylic acids is 2. The van der Waals surface area contributed by atoms with Crippen molar-refractivity contribution < 1.29 is 14.3 Å². The SMILES string of the molecule is O=C(NCc1ccccc1)OC1CC(c2cc(NC(=O)C3CCCCC3)n[nH]2)C1. The highest BCUT2D eigenvalue weighted by atomic mass is 16.6. The maximum atomic E-state index is 12.3. The Balaban J connectivity index is 1.18. The van der Waals surface area contributed by atoms with E-state index in [1.54, 1.807) is 0 Å². The number of nitrogens with zero attached hydrogens (tertiary/aromatic N) is 1. The molecule has 0 bridgehead atoms. The zero-order valence-corrected chi connectivity index (χ0v) is 16.5. The summed E-state index contributed by atoms with van der Waals surface area (Å²) in [5.74, 6) is 1.04. The third-order valence-corrected chi connectivity index (χ3v) is 5.91. The quantitative estimate of drug-likeness (QED) is 0.685. The fourth-order valence-corrected chi connectivity index (χ4v) is 4.08. The van der Waals surface area contributed by atoms with Gasteiger partial charge in [-0.1, -0.05) is 49.6 Å². The number of rotatable bonds is 6. The molecule has 1 aromatic heterocycles. The predicted octanol–water partition coefficient (Wildman–Crippen LogP) is 4.10. The minimum Gasteiger partial charge on any atom is -0.446 e. The number of hydrogen-bond donors (Lipinski definition) is 3. The van der Waals surface area contributed by atoms with Gasteiger partial charge in [-0.3, -0.25) is 9.89 Å². The van der Waals surface area contributed by atoms with Gasteiger partial charge in [0.05, 0.1) is 0 Å². The fraction of sp³-hybridized carbons (Fsp3) is 0.500. The lowest BCUT2D eigenvalue weighted by Gasteiger charge is -2.33. The second-order valence-electron chi connectivity index (χ2n) is 8.07. The Morgan fingerprint density at radius 3 is 2.62 bits per heavy atom. The molecule has 2 amide bonds. The molecule has 2 aromatic rings. The number of benzene rings is 1. The normalized spacial score (nSPS) is 21.8.